The van der Waals surface area contributed by atoms with Crippen LogP contribution in [0.25, 0.3) is 0 Å². The molecule has 6 nitrogen and oxygen atoms in total. The number of ether oxygens (including phenoxy) is 2. The van der Waals surface area contributed by atoms with E-state index in [1.807, 2.05) is 30.3 Å². The van der Waals surface area contributed by atoms with E-state index < -0.39 is 0 Å². The maximum Gasteiger partial charge on any atom is 0.262 e. The highest BCUT2D eigenvalue weighted by atomic mass is 16.5. The summed E-state index contributed by atoms with van der Waals surface area (Å²) in [5.74, 6) is 0.226. The largest absolute Gasteiger partial charge is 0.482 e. The maximum absolute atomic E-state index is 12.9. The summed E-state index contributed by atoms with van der Waals surface area (Å²) in [6.45, 7) is 1.41. The van der Waals surface area contributed by atoms with Crippen LogP contribution in [0.3, 0.4) is 0 Å². The molecule has 0 radical (unpaired) electrons. The summed E-state index contributed by atoms with van der Waals surface area (Å²) >= 11 is 0. The minimum Gasteiger partial charge on any atom is -0.482 e. The van der Waals surface area contributed by atoms with Gasteiger partial charge < -0.3 is 19.7 Å². The molecule has 0 saturated heterocycles. The number of benzene rings is 2. The lowest BCUT2D eigenvalue weighted by Gasteiger charge is -2.24. The molecule has 1 heterocycles. The van der Waals surface area contributed by atoms with Gasteiger partial charge in [-0.3, -0.25) is 9.59 Å². The number of anilines is 1. The molecule has 6 heteroatoms. The summed E-state index contributed by atoms with van der Waals surface area (Å²) < 4.78 is 10.5. The molecule has 0 aromatic heterocycles. The Kier molecular flexibility index (Phi) is 5.30. The van der Waals surface area contributed by atoms with Crippen molar-refractivity contribution in [3.8, 4) is 5.75 Å². The lowest BCUT2D eigenvalue weighted by atomic mass is 10.1. The number of nitrogens with zero attached hydrogens (tertiary/aromatic N) is 1. The molecule has 130 valence electrons. The van der Waals surface area contributed by atoms with Crippen molar-refractivity contribution in [1.29, 1.82) is 0 Å². The van der Waals surface area contributed by atoms with E-state index in [1.54, 1.807) is 30.2 Å². The number of methoxy groups -OCH3 is 1. The van der Waals surface area contributed by atoms with Crippen molar-refractivity contribution >= 4 is 17.5 Å². The minimum atomic E-state index is -0.224. The van der Waals surface area contributed by atoms with Crippen LogP contribution in [0, 0.1) is 0 Å². The molecule has 0 fully saturated rings. The van der Waals surface area contributed by atoms with Crippen LogP contribution >= 0.6 is 0 Å². The van der Waals surface area contributed by atoms with Gasteiger partial charge in [0.1, 0.15) is 5.75 Å². The standard InChI is InChI=1S/C19H20N2O4/c1-24-10-9-21(12-14-5-3-2-4-6-14)19(23)15-7-8-17-16(11-15)20-18(22)13-25-17/h2-8,11H,9-10,12-13H2,1H3,(H,20,22). The van der Waals surface area contributed by atoms with Crippen molar-refractivity contribution in [1.82, 2.24) is 4.90 Å². The second-order valence-electron chi connectivity index (χ2n) is 5.75. The molecule has 0 aliphatic carbocycles. The summed E-state index contributed by atoms with van der Waals surface area (Å²) in [5.41, 5.74) is 2.06. The SMILES string of the molecule is COCCN(Cc1ccccc1)C(=O)c1ccc2c(c1)NC(=O)CO2. The molecule has 25 heavy (non-hydrogen) atoms. The molecule has 0 atom stereocenters. The number of amides is 2. The van der Waals surface area contributed by atoms with Crippen LogP contribution in [0.5, 0.6) is 5.75 Å². The molecular weight excluding hydrogens is 320 g/mol. The number of nitrogens with one attached hydrogen (secondary N) is 1. The quantitative estimate of drug-likeness (QED) is 0.876. The third-order valence-electron chi connectivity index (χ3n) is 3.93. The fraction of sp³-hybridized carbons (Fsp3) is 0.263. The van der Waals surface area contributed by atoms with Crippen LogP contribution in [0.2, 0.25) is 0 Å². The van der Waals surface area contributed by atoms with Gasteiger partial charge in [0, 0.05) is 25.8 Å². The van der Waals surface area contributed by atoms with E-state index in [0.29, 0.717) is 36.7 Å². The first-order valence-corrected chi connectivity index (χ1v) is 8.06. The summed E-state index contributed by atoms with van der Waals surface area (Å²) in [7, 11) is 1.61. The van der Waals surface area contributed by atoms with Crippen LogP contribution in [-0.2, 0) is 16.1 Å². The predicted octanol–water partition coefficient (Wildman–Crippen LogP) is 2.31. The minimum absolute atomic E-state index is 0.00569. The molecule has 2 aromatic rings. The number of fused-ring (bicyclic) bond motifs is 1. The Morgan fingerprint density at radius 1 is 1.24 bits per heavy atom. The van der Waals surface area contributed by atoms with Gasteiger partial charge in [-0.05, 0) is 23.8 Å². The molecule has 0 saturated carbocycles. The molecule has 2 aromatic carbocycles. The van der Waals surface area contributed by atoms with Gasteiger partial charge in [0.15, 0.2) is 6.61 Å². The Balaban J connectivity index is 1.81. The molecule has 0 unspecified atom stereocenters. The van der Waals surface area contributed by atoms with Crippen LogP contribution in [-0.4, -0.2) is 43.6 Å². The second kappa shape index (κ2) is 7.81. The summed E-state index contributed by atoms with van der Waals surface area (Å²) in [6, 6.07) is 14.9. The molecule has 0 bridgehead atoms. The van der Waals surface area contributed by atoms with Crippen molar-refractivity contribution in [2.45, 2.75) is 6.54 Å². The Labute approximate surface area is 146 Å². The molecule has 1 N–H and O–H groups in total. The molecule has 1 aliphatic rings. The highest BCUT2D eigenvalue weighted by Crippen LogP contribution is 2.29. The predicted molar refractivity (Wildman–Crippen MR) is 93.6 cm³/mol. The van der Waals surface area contributed by atoms with Crippen molar-refractivity contribution in [2.24, 2.45) is 0 Å². The average Bonchev–Trinajstić information content (AvgIpc) is 2.64. The van der Waals surface area contributed by atoms with E-state index in [0.717, 1.165) is 5.56 Å². The lowest BCUT2D eigenvalue weighted by molar-refractivity contribution is -0.118. The summed E-state index contributed by atoms with van der Waals surface area (Å²) in [5, 5.41) is 2.73. The van der Waals surface area contributed by atoms with Crippen molar-refractivity contribution in [3.05, 3.63) is 59.7 Å². The fourth-order valence-electron chi connectivity index (χ4n) is 2.66. The number of hydrogen-bond acceptors (Lipinski definition) is 4. The topological polar surface area (TPSA) is 67.9 Å². The fourth-order valence-corrected chi connectivity index (χ4v) is 2.66. The van der Waals surface area contributed by atoms with E-state index in [9.17, 15) is 9.59 Å². The Morgan fingerprint density at radius 2 is 2.04 bits per heavy atom. The maximum atomic E-state index is 12.9. The summed E-state index contributed by atoms with van der Waals surface area (Å²) in [4.78, 5) is 26.1. The lowest BCUT2D eigenvalue weighted by Crippen LogP contribution is -2.33. The normalized spacial score (nSPS) is 12.8. The highest BCUT2D eigenvalue weighted by Gasteiger charge is 2.21. The molecule has 0 spiro atoms. The van der Waals surface area contributed by atoms with Crippen molar-refractivity contribution < 1.29 is 19.1 Å². The average molecular weight is 340 g/mol. The number of carbonyl (C=O) groups is 2. The van der Waals surface area contributed by atoms with Gasteiger partial charge >= 0.3 is 0 Å². The molecule has 2 amide bonds. The molecular formula is C19H20N2O4. The highest BCUT2D eigenvalue weighted by molar-refractivity contribution is 5.99. The van der Waals surface area contributed by atoms with E-state index in [2.05, 4.69) is 5.32 Å². The van der Waals surface area contributed by atoms with Crippen LogP contribution < -0.4 is 10.1 Å². The first kappa shape index (κ1) is 17.0. The number of carbonyl (C=O) groups excluding carboxylic acids is 2. The zero-order valence-electron chi connectivity index (χ0n) is 14.0. The Morgan fingerprint density at radius 3 is 2.80 bits per heavy atom. The van der Waals surface area contributed by atoms with Gasteiger partial charge in [0.05, 0.1) is 12.3 Å². The Bertz CT molecular complexity index is 761. The van der Waals surface area contributed by atoms with E-state index in [4.69, 9.17) is 9.47 Å². The van der Waals surface area contributed by atoms with Gasteiger partial charge in [-0.2, -0.15) is 0 Å². The smallest absolute Gasteiger partial charge is 0.262 e. The second-order valence-corrected chi connectivity index (χ2v) is 5.75. The van der Waals surface area contributed by atoms with Gasteiger partial charge in [-0.25, -0.2) is 0 Å². The molecule has 1 aliphatic heterocycles. The van der Waals surface area contributed by atoms with Crippen LogP contribution in [0.1, 0.15) is 15.9 Å². The monoisotopic (exact) mass is 340 g/mol. The molecule has 3 rings (SSSR count). The van der Waals surface area contributed by atoms with E-state index >= 15 is 0 Å². The zero-order valence-corrected chi connectivity index (χ0v) is 14.0. The number of hydrogen-bond donors (Lipinski definition) is 1. The number of rotatable bonds is 6. The van der Waals surface area contributed by atoms with Gasteiger partial charge in [0.2, 0.25) is 0 Å². The van der Waals surface area contributed by atoms with Crippen molar-refractivity contribution in [3.63, 3.8) is 0 Å². The van der Waals surface area contributed by atoms with E-state index in [-0.39, 0.29) is 18.4 Å². The van der Waals surface area contributed by atoms with Gasteiger partial charge in [-0.1, -0.05) is 30.3 Å². The third kappa shape index (κ3) is 4.16. The van der Waals surface area contributed by atoms with Crippen LogP contribution in [0.4, 0.5) is 5.69 Å². The first-order valence-electron chi connectivity index (χ1n) is 8.06. The zero-order chi connectivity index (χ0) is 17.6. The Hall–Kier alpha value is -2.86. The van der Waals surface area contributed by atoms with Gasteiger partial charge in [-0.15, -0.1) is 0 Å². The van der Waals surface area contributed by atoms with Crippen molar-refractivity contribution in [2.75, 3.05) is 32.2 Å². The van der Waals surface area contributed by atoms with Gasteiger partial charge in [0.25, 0.3) is 11.8 Å². The summed E-state index contributed by atoms with van der Waals surface area (Å²) in [6.07, 6.45) is 0. The first-order chi connectivity index (χ1) is 12.2. The van der Waals surface area contributed by atoms with E-state index in [1.165, 1.54) is 0 Å². The third-order valence-corrected chi connectivity index (χ3v) is 3.93. The van der Waals surface area contributed by atoms with Crippen LogP contribution in [0.15, 0.2) is 48.5 Å².